The van der Waals surface area contributed by atoms with Crippen LogP contribution in [0.2, 0.25) is 19.6 Å². The van der Waals surface area contributed by atoms with E-state index >= 15 is 0 Å². The van der Waals surface area contributed by atoms with Crippen LogP contribution in [-0.2, 0) is 0 Å². The second-order valence-corrected chi connectivity index (χ2v) is 16.3. The van der Waals surface area contributed by atoms with Crippen LogP contribution in [0.25, 0.3) is 0 Å². The highest BCUT2D eigenvalue weighted by molar-refractivity contribution is 8.29. The van der Waals surface area contributed by atoms with Crippen LogP contribution in [0.15, 0.2) is 4.99 Å². The van der Waals surface area contributed by atoms with Crippen molar-refractivity contribution < 1.29 is 0 Å². The quantitative estimate of drug-likeness (QED) is 0.507. The fraction of sp³-hybridized carbons (Fsp3) is 0.933. The van der Waals surface area contributed by atoms with E-state index in [1.165, 1.54) is 57.8 Å². The van der Waals surface area contributed by atoms with Crippen molar-refractivity contribution in [3.8, 4) is 0 Å². The molecule has 1 atom stereocenters. The van der Waals surface area contributed by atoms with Crippen molar-refractivity contribution in [1.29, 1.82) is 0 Å². The van der Waals surface area contributed by atoms with Gasteiger partial charge in [0.05, 0.1) is 0 Å². The molecular formula is C15H29NSSi. The van der Waals surface area contributed by atoms with E-state index < -0.39 is 7.22 Å². The maximum absolute atomic E-state index is 5.18. The summed E-state index contributed by atoms with van der Waals surface area (Å²) in [7, 11) is -1.03. The van der Waals surface area contributed by atoms with E-state index in [4.69, 9.17) is 4.99 Å². The van der Waals surface area contributed by atoms with Gasteiger partial charge in [0.1, 0.15) is 7.22 Å². The number of hydrogen-bond acceptors (Lipinski definition) is 2. The third-order valence-electron chi connectivity index (χ3n) is 3.94. The Bertz CT molecular complexity index is 289. The van der Waals surface area contributed by atoms with Gasteiger partial charge in [-0.2, -0.15) is 11.2 Å². The summed E-state index contributed by atoms with van der Waals surface area (Å²) in [6, 6.07) is 0.683. The molecule has 2 saturated carbocycles. The summed E-state index contributed by atoms with van der Waals surface area (Å²) < 4.78 is 0. The van der Waals surface area contributed by atoms with Gasteiger partial charge in [0.2, 0.25) is 0 Å². The van der Waals surface area contributed by atoms with Crippen molar-refractivity contribution in [3.05, 3.63) is 0 Å². The first-order valence-electron chi connectivity index (χ1n) is 7.79. The van der Waals surface area contributed by atoms with E-state index in [1.807, 2.05) is 0 Å². The Morgan fingerprint density at radius 2 is 1.61 bits per heavy atom. The van der Waals surface area contributed by atoms with Crippen molar-refractivity contribution in [3.63, 3.8) is 0 Å². The number of aliphatic imine (C=N–C) groups is 1. The lowest BCUT2D eigenvalue weighted by Crippen LogP contribution is -2.26. The molecule has 2 aliphatic carbocycles. The average molecular weight is 284 g/mol. The van der Waals surface area contributed by atoms with Crippen LogP contribution in [-0.4, -0.2) is 24.2 Å². The highest BCUT2D eigenvalue weighted by atomic mass is 32.4. The van der Waals surface area contributed by atoms with Gasteiger partial charge >= 0.3 is 0 Å². The molecule has 1 nitrogen and oxygen atoms in total. The van der Waals surface area contributed by atoms with E-state index in [9.17, 15) is 0 Å². The molecular weight excluding hydrogens is 254 g/mol. The smallest absolute Gasteiger partial charge is 0.109 e. The third-order valence-corrected chi connectivity index (χ3v) is 8.41. The van der Waals surface area contributed by atoms with Gasteiger partial charge in [0, 0.05) is 17.0 Å². The highest BCUT2D eigenvalue weighted by Gasteiger charge is 2.27. The van der Waals surface area contributed by atoms with Crippen LogP contribution < -0.4 is 0 Å². The molecule has 0 amide bonds. The SMILES string of the molecule is C[Si](C)(C)SC1CCCCC/C1=N\C1CCCC1. The molecule has 3 heteroatoms. The Labute approximate surface area is 118 Å². The Morgan fingerprint density at radius 3 is 2.28 bits per heavy atom. The van der Waals surface area contributed by atoms with Gasteiger partial charge in [-0.15, -0.1) is 0 Å². The summed E-state index contributed by atoms with van der Waals surface area (Å²) in [6.07, 6.45) is 12.4. The Morgan fingerprint density at radius 1 is 0.944 bits per heavy atom. The number of hydrogen-bond donors (Lipinski definition) is 0. The molecule has 2 aliphatic rings. The zero-order valence-electron chi connectivity index (χ0n) is 12.4. The summed E-state index contributed by atoms with van der Waals surface area (Å²) >= 11 is 2.29. The lowest BCUT2D eigenvalue weighted by molar-refractivity contribution is 0.699. The summed E-state index contributed by atoms with van der Waals surface area (Å²) in [5, 5.41) is 0.764. The first kappa shape index (κ1) is 14.6. The molecule has 18 heavy (non-hydrogen) atoms. The molecule has 0 saturated heterocycles. The van der Waals surface area contributed by atoms with E-state index in [0.717, 1.165) is 5.25 Å². The highest BCUT2D eigenvalue weighted by Crippen LogP contribution is 2.33. The molecule has 0 aliphatic heterocycles. The normalized spacial score (nSPS) is 29.7. The van der Waals surface area contributed by atoms with Crippen molar-refractivity contribution >= 4 is 24.1 Å². The molecule has 2 fully saturated rings. The molecule has 0 aromatic rings. The molecule has 0 N–H and O–H groups in total. The van der Waals surface area contributed by atoms with Crippen molar-refractivity contribution in [1.82, 2.24) is 0 Å². The van der Waals surface area contributed by atoms with Gasteiger partial charge in [-0.1, -0.05) is 45.3 Å². The van der Waals surface area contributed by atoms with Gasteiger partial charge in [-0.25, -0.2) is 0 Å². The second-order valence-electron chi connectivity index (χ2n) is 6.88. The van der Waals surface area contributed by atoms with Crippen LogP contribution >= 0.6 is 11.2 Å². The van der Waals surface area contributed by atoms with E-state index in [2.05, 4.69) is 30.9 Å². The van der Waals surface area contributed by atoms with Crippen LogP contribution in [0, 0.1) is 0 Å². The molecule has 104 valence electrons. The van der Waals surface area contributed by atoms with Gasteiger partial charge < -0.3 is 0 Å². The lowest BCUT2D eigenvalue weighted by atomic mass is 10.1. The standard InChI is InChI=1S/C15H29NSSi/c1-18(2,3)17-15-12-6-4-5-11-14(15)16-13-9-7-8-10-13/h13,15H,4-12H2,1-3H3/b16-14+. The summed E-state index contributed by atoms with van der Waals surface area (Å²) in [4.78, 5) is 5.18. The monoisotopic (exact) mass is 283 g/mol. The third kappa shape index (κ3) is 4.73. The van der Waals surface area contributed by atoms with Crippen molar-refractivity contribution in [2.24, 2.45) is 4.99 Å². The van der Waals surface area contributed by atoms with Crippen LogP contribution in [0.1, 0.15) is 57.8 Å². The Hall–Kier alpha value is 0.237. The molecule has 0 heterocycles. The van der Waals surface area contributed by atoms with E-state index in [0.29, 0.717) is 6.04 Å². The minimum absolute atomic E-state index is 0.683. The lowest BCUT2D eigenvalue weighted by Gasteiger charge is -2.25. The zero-order valence-corrected chi connectivity index (χ0v) is 14.2. The molecule has 0 bridgehead atoms. The van der Waals surface area contributed by atoms with Gasteiger partial charge in [-0.05, 0) is 32.1 Å². The van der Waals surface area contributed by atoms with Gasteiger partial charge in [0.15, 0.2) is 0 Å². The minimum Gasteiger partial charge on any atom is -0.290 e. The second kappa shape index (κ2) is 6.60. The largest absolute Gasteiger partial charge is 0.290 e. The first-order valence-corrected chi connectivity index (χ1v) is 12.9. The molecule has 0 radical (unpaired) electrons. The number of rotatable bonds is 3. The predicted molar refractivity (Wildman–Crippen MR) is 87.5 cm³/mol. The molecule has 2 rings (SSSR count). The van der Waals surface area contributed by atoms with Crippen LogP contribution in [0.5, 0.6) is 0 Å². The first-order chi connectivity index (χ1) is 8.54. The zero-order chi connectivity index (χ0) is 13.0. The molecule has 1 unspecified atom stereocenters. The van der Waals surface area contributed by atoms with Gasteiger partial charge in [0.25, 0.3) is 0 Å². The van der Waals surface area contributed by atoms with E-state index in [1.54, 1.807) is 5.71 Å². The van der Waals surface area contributed by atoms with Crippen LogP contribution in [0.3, 0.4) is 0 Å². The molecule has 0 spiro atoms. The fourth-order valence-electron chi connectivity index (χ4n) is 3.11. The predicted octanol–water partition coefficient (Wildman–Crippen LogP) is 5.27. The molecule has 0 aromatic carbocycles. The van der Waals surface area contributed by atoms with E-state index in [-0.39, 0.29) is 0 Å². The maximum Gasteiger partial charge on any atom is 0.109 e. The average Bonchev–Trinajstić information content (AvgIpc) is 2.68. The summed E-state index contributed by atoms with van der Waals surface area (Å²) in [5.74, 6) is 0. The summed E-state index contributed by atoms with van der Waals surface area (Å²) in [5.41, 5.74) is 1.59. The number of nitrogens with zero attached hydrogens (tertiary/aromatic N) is 1. The Balaban J connectivity index is 2.05. The fourth-order valence-corrected chi connectivity index (χ4v) is 7.88. The topological polar surface area (TPSA) is 12.4 Å². The van der Waals surface area contributed by atoms with Crippen LogP contribution in [0.4, 0.5) is 0 Å². The van der Waals surface area contributed by atoms with Crippen molar-refractivity contribution in [2.45, 2.75) is 88.7 Å². The Kier molecular flexibility index (Phi) is 5.37. The summed E-state index contributed by atoms with van der Waals surface area (Å²) in [6.45, 7) is 7.45. The van der Waals surface area contributed by atoms with Gasteiger partial charge in [-0.3, -0.25) is 4.99 Å². The minimum atomic E-state index is -1.03. The van der Waals surface area contributed by atoms with Crippen molar-refractivity contribution in [2.75, 3.05) is 0 Å². The maximum atomic E-state index is 5.18. The molecule has 0 aromatic heterocycles.